The number of piperazine rings is 1. The minimum Gasteiger partial charge on any atom is -0.497 e. The van der Waals surface area contributed by atoms with Crippen molar-refractivity contribution in [3.8, 4) is 5.75 Å². The summed E-state index contributed by atoms with van der Waals surface area (Å²) in [6.07, 6.45) is 0. The van der Waals surface area contributed by atoms with Crippen molar-refractivity contribution in [3.63, 3.8) is 0 Å². The van der Waals surface area contributed by atoms with Crippen molar-refractivity contribution in [3.05, 3.63) is 24.3 Å². The fraction of sp³-hybridized carbons (Fsp3) is 0.533. The van der Waals surface area contributed by atoms with E-state index in [-0.39, 0.29) is 11.9 Å². The fourth-order valence-corrected chi connectivity index (χ4v) is 3.16. The number of hydrogen-bond donors (Lipinski definition) is 1. The first-order valence-electron chi connectivity index (χ1n) is 6.91. The Morgan fingerprint density at radius 3 is 3.05 bits per heavy atom. The van der Waals surface area contributed by atoms with Gasteiger partial charge in [-0.25, -0.2) is 0 Å². The first-order chi connectivity index (χ1) is 9.61. The lowest BCUT2D eigenvalue weighted by atomic mass is 10.1. The third kappa shape index (κ3) is 3.67. The molecule has 1 aliphatic heterocycles. The van der Waals surface area contributed by atoms with E-state index >= 15 is 0 Å². The van der Waals surface area contributed by atoms with Gasteiger partial charge in [-0.05, 0) is 32.0 Å². The summed E-state index contributed by atoms with van der Waals surface area (Å²) >= 11 is 1.56. The molecular formula is C15H22N2O2S. The summed E-state index contributed by atoms with van der Waals surface area (Å²) in [5.41, 5.74) is 0. The van der Waals surface area contributed by atoms with E-state index in [9.17, 15) is 4.79 Å². The highest BCUT2D eigenvalue weighted by Gasteiger charge is 2.27. The van der Waals surface area contributed by atoms with E-state index in [1.807, 2.05) is 29.2 Å². The van der Waals surface area contributed by atoms with Gasteiger partial charge in [0.25, 0.3) is 0 Å². The van der Waals surface area contributed by atoms with Crippen LogP contribution in [0.1, 0.15) is 13.8 Å². The molecule has 1 aromatic rings. The second kappa shape index (κ2) is 6.99. The Balaban J connectivity index is 1.91. The molecule has 4 nitrogen and oxygen atoms in total. The van der Waals surface area contributed by atoms with Crippen LogP contribution in [0.15, 0.2) is 29.2 Å². The van der Waals surface area contributed by atoms with Crippen molar-refractivity contribution in [1.29, 1.82) is 0 Å². The second-order valence-electron chi connectivity index (χ2n) is 5.04. The first-order valence-corrected chi connectivity index (χ1v) is 7.90. The fourth-order valence-electron chi connectivity index (χ4n) is 2.33. The minimum atomic E-state index is 0.207. The quantitative estimate of drug-likeness (QED) is 0.863. The van der Waals surface area contributed by atoms with Crippen molar-refractivity contribution >= 4 is 17.7 Å². The molecule has 0 aromatic heterocycles. The summed E-state index contributed by atoms with van der Waals surface area (Å²) in [5.74, 6) is 1.51. The van der Waals surface area contributed by atoms with Crippen molar-refractivity contribution in [1.82, 2.24) is 10.2 Å². The lowest BCUT2D eigenvalue weighted by Gasteiger charge is -2.38. The molecule has 0 saturated carbocycles. The van der Waals surface area contributed by atoms with E-state index in [4.69, 9.17) is 4.74 Å². The van der Waals surface area contributed by atoms with Crippen LogP contribution in [0.5, 0.6) is 5.75 Å². The highest BCUT2D eigenvalue weighted by atomic mass is 32.2. The van der Waals surface area contributed by atoms with E-state index in [2.05, 4.69) is 19.2 Å². The topological polar surface area (TPSA) is 41.6 Å². The predicted octanol–water partition coefficient (Wildman–Crippen LogP) is 2.00. The number of carbonyl (C=O) groups is 1. The Kier molecular flexibility index (Phi) is 5.31. The number of nitrogens with one attached hydrogen (secondary N) is 1. The first kappa shape index (κ1) is 15.2. The summed E-state index contributed by atoms with van der Waals surface area (Å²) in [6.45, 7) is 5.90. The molecule has 0 aliphatic carbocycles. The Bertz CT molecular complexity index is 467. The van der Waals surface area contributed by atoms with Crippen LogP contribution in [-0.4, -0.2) is 48.8 Å². The zero-order valence-electron chi connectivity index (χ0n) is 12.3. The molecule has 1 amide bonds. The van der Waals surface area contributed by atoms with Gasteiger partial charge >= 0.3 is 0 Å². The number of carbonyl (C=O) groups excluding carboxylic acids is 1. The molecule has 1 N–H and O–H groups in total. The molecule has 5 heteroatoms. The van der Waals surface area contributed by atoms with E-state index in [0.29, 0.717) is 11.8 Å². The van der Waals surface area contributed by atoms with E-state index in [1.54, 1.807) is 18.9 Å². The molecule has 20 heavy (non-hydrogen) atoms. The maximum absolute atomic E-state index is 12.3. The molecule has 1 fully saturated rings. The third-order valence-electron chi connectivity index (χ3n) is 3.76. The summed E-state index contributed by atoms with van der Waals surface area (Å²) < 4.78 is 5.19. The zero-order chi connectivity index (χ0) is 14.5. The van der Waals surface area contributed by atoms with Crippen molar-refractivity contribution < 1.29 is 9.53 Å². The normalized spacial score (nSPS) is 22.6. The summed E-state index contributed by atoms with van der Waals surface area (Å²) in [4.78, 5) is 15.4. The number of ether oxygens (including phenoxy) is 1. The smallest absolute Gasteiger partial charge is 0.233 e. The van der Waals surface area contributed by atoms with Crippen LogP contribution >= 0.6 is 11.8 Å². The molecule has 0 bridgehead atoms. The third-order valence-corrected chi connectivity index (χ3v) is 4.74. The van der Waals surface area contributed by atoms with Crippen molar-refractivity contribution in [2.45, 2.75) is 30.8 Å². The molecule has 110 valence electrons. The maximum Gasteiger partial charge on any atom is 0.233 e. The summed E-state index contributed by atoms with van der Waals surface area (Å²) in [5, 5.41) is 3.39. The molecule has 2 unspecified atom stereocenters. The van der Waals surface area contributed by atoms with Crippen LogP contribution in [0.3, 0.4) is 0 Å². The molecular weight excluding hydrogens is 272 g/mol. The van der Waals surface area contributed by atoms with Gasteiger partial charge in [0.15, 0.2) is 0 Å². The number of benzene rings is 1. The number of methoxy groups -OCH3 is 1. The van der Waals surface area contributed by atoms with Gasteiger partial charge in [-0.15, -0.1) is 11.8 Å². The van der Waals surface area contributed by atoms with Gasteiger partial charge in [0.2, 0.25) is 5.91 Å². The molecule has 1 heterocycles. The van der Waals surface area contributed by atoms with Crippen LogP contribution in [0.4, 0.5) is 0 Å². The van der Waals surface area contributed by atoms with Crippen molar-refractivity contribution in [2.75, 3.05) is 26.0 Å². The Labute approximate surface area is 124 Å². The van der Waals surface area contributed by atoms with E-state index in [1.165, 1.54) is 0 Å². The molecule has 1 aliphatic rings. The molecule has 0 spiro atoms. The molecule has 1 saturated heterocycles. The SMILES string of the molecule is COc1cccc(SCC(=O)N2CCNC(C)C2C)c1. The zero-order valence-corrected chi connectivity index (χ0v) is 13.1. The van der Waals surface area contributed by atoms with Gasteiger partial charge in [0.1, 0.15) is 5.75 Å². The summed E-state index contributed by atoms with van der Waals surface area (Å²) in [6, 6.07) is 8.43. The highest BCUT2D eigenvalue weighted by Crippen LogP contribution is 2.23. The number of nitrogens with zero attached hydrogens (tertiary/aromatic N) is 1. The van der Waals surface area contributed by atoms with Gasteiger partial charge < -0.3 is 15.0 Å². The van der Waals surface area contributed by atoms with Gasteiger partial charge in [0, 0.05) is 30.1 Å². The van der Waals surface area contributed by atoms with Crippen LogP contribution in [0, 0.1) is 0 Å². The number of rotatable bonds is 4. The lowest BCUT2D eigenvalue weighted by Crippen LogP contribution is -2.57. The van der Waals surface area contributed by atoms with Gasteiger partial charge in [0.05, 0.1) is 12.9 Å². The van der Waals surface area contributed by atoms with Crippen LogP contribution in [0.25, 0.3) is 0 Å². The largest absolute Gasteiger partial charge is 0.497 e. The monoisotopic (exact) mass is 294 g/mol. The predicted molar refractivity (Wildman–Crippen MR) is 82.4 cm³/mol. The Morgan fingerprint density at radius 1 is 1.50 bits per heavy atom. The van der Waals surface area contributed by atoms with Gasteiger partial charge in [-0.1, -0.05) is 6.07 Å². The average molecular weight is 294 g/mol. The van der Waals surface area contributed by atoms with E-state index in [0.717, 1.165) is 23.7 Å². The molecule has 2 rings (SSSR count). The average Bonchev–Trinajstić information content (AvgIpc) is 2.48. The number of amides is 1. The Morgan fingerprint density at radius 2 is 2.30 bits per heavy atom. The van der Waals surface area contributed by atoms with Crippen LogP contribution in [-0.2, 0) is 4.79 Å². The van der Waals surface area contributed by atoms with Crippen LogP contribution in [0.2, 0.25) is 0 Å². The van der Waals surface area contributed by atoms with Crippen LogP contribution < -0.4 is 10.1 Å². The molecule has 0 radical (unpaired) electrons. The van der Waals surface area contributed by atoms with Crippen molar-refractivity contribution in [2.24, 2.45) is 0 Å². The highest BCUT2D eigenvalue weighted by molar-refractivity contribution is 8.00. The standard InChI is InChI=1S/C15H22N2O2S/c1-11-12(2)17(8-7-16-11)15(18)10-20-14-6-4-5-13(9-14)19-3/h4-6,9,11-12,16H,7-8,10H2,1-3H3. The minimum absolute atomic E-state index is 0.207. The second-order valence-corrected chi connectivity index (χ2v) is 6.09. The summed E-state index contributed by atoms with van der Waals surface area (Å²) in [7, 11) is 1.65. The maximum atomic E-state index is 12.3. The van der Waals surface area contributed by atoms with E-state index < -0.39 is 0 Å². The molecule has 1 aromatic carbocycles. The lowest BCUT2D eigenvalue weighted by molar-refractivity contribution is -0.131. The number of thioether (sulfide) groups is 1. The molecule has 2 atom stereocenters. The number of hydrogen-bond acceptors (Lipinski definition) is 4. The Hall–Kier alpha value is -1.20. The van der Waals surface area contributed by atoms with Gasteiger partial charge in [-0.3, -0.25) is 4.79 Å². The van der Waals surface area contributed by atoms with Gasteiger partial charge in [-0.2, -0.15) is 0 Å².